The van der Waals surface area contributed by atoms with E-state index in [0.717, 1.165) is 48.3 Å². The van der Waals surface area contributed by atoms with Gasteiger partial charge in [-0.2, -0.15) is 14.9 Å². The largest absolute Gasteiger partial charge is 0.393 e. The van der Waals surface area contributed by atoms with E-state index in [1.165, 1.54) is 10.7 Å². The molecule has 0 bridgehead atoms. The Morgan fingerprint density at radius 1 is 1.00 bits per heavy atom. The molecule has 0 radical (unpaired) electrons. The summed E-state index contributed by atoms with van der Waals surface area (Å²) in [5, 5.41) is 26.8. The molecule has 0 saturated heterocycles. The topological polar surface area (TPSA) is 129 Å². The maximum Gasteiger partial charge on any atom is 0.266 e. The van der Waals surface area contributed by atoms with Gasteiger partial charge in [0.2, 0.25) is 0 Å². The van der Waals surface area contributed by atoms with E-state index in [1.54, 1.807) is 34.0 Å². The molecule has 0 amide bonds. The van der Waals surface area contributed by atoms with Gasteiger partial charge >= 0.3 is 0 Å². The minimum atomic E-state index is -0.206. The second-order valence-corrected chi connectivity index (χ2v) is 9.16. The normalized spacial score (nSPS) is 17.7. The van der Waals surface area contributed by atoms with Gasteiger partial charge in [0.15, 0.2) is 11.2 Å². The van der Waals surface area contributed by atoms with Crippen molar-refractivity contribution in [3.8, 4) is 16.8 Å². The SMILES string of the molecule is O=c1cccnn1CCn1cc(-c2ccc(-n3nnc4cnc(C[C@@H]5CC[C@@H](O)C5)nc43)cc2)cn1. The summed E-state index contributed by atoms with van der Waals surface area (Å²) in [6.07, 6.45) is 10.3. The van der Waals surface area contributed by atoms with Crippen LogP contribution in [0.15, 0.2) is 66.0 Å². The van der Waals surface area contributed by atoms with Crippen LogP contribution < -0.4 is 5.56 Å². The van der Waals surface area contributed by atoms with E-state index in [2.05, 4.69) is 25.5 Å². The Bertz CT molecular complexity index is 1550. The Morgan fingerprint density at radius 2 is 1.89 bits per heavy atom. The fraction of sp³-hybridized carbons (Fsp3) is 0.320. The molecule has 1 aromatic carbocycles. The Hall–Kier alpha value is -4.25. The summed E-state index contributed by atoms with van der Waals surface area (Å²) in [4.78, 5) is 21.0. The van der Waals surface area contributed by atoms with E-state index < -0.39 is 0 Å². The number of aryl methyl sites for hydroxylation is 2. The molecule has 1 aliphatic rings. The molecule has 1 fully saturated rings. The van der Waals surface area contributed by atoms with Crippen LogP contribution in [-0.4, -0.2) is 55.7 Å². The molecule has 0 aliphatic heterocycles. The molecule has 5 aromatic rings. The molecular formula is C25H25N9O2. The highest BCUT2D eigenvalue weighted by Crippen LogP contribution is 2.28. The van der Waals surface area contributed by atoms with Crippen molar-refractivity contribution in [1.29, 1.82) is 0 Å². The molecular weight excluding hydrogens is 458 g/mol. The minimum Gasteiger partial charge on any atom is -0.393 e. The lowest BCUT2D eigenvalue weighted by atomic mass is 10.0. The fourth-order valence-corrected chi connectivity index (χ4v) is 4.71. The molecule has 36 heavy (non-hydrogen) atoms. The van der Waals surface area contributed by atoms with Gasteiger partial charge in [-0.25, -0.2) is 14.6 Å². The second-order valence-electron chi connectivity index (χ2n) is 9.16. The van der Waals surface area contributed by atoms with Crippen molar-refractivity contribution in [2.45, 2.75) is 44.9 Å². The van der Waals surface area contributed by atoms with Gasteiger partial charge < -0.3 is 5.11 Å². The summed E-state index contributed by atoms with van der Waals surface area (Å²) in [5.41, 5.74) is 4.02. The highest BCUT2D eigenvalue weighted by Gasteiger charge is 2.24. The maximum atomic E-state index is 11.8. The van der Waals surface area contributed by atoms with E-state index >= 15 is 0 Å². The number of benzene rings is 1. The zero-order chi connectivity index (χ0) is 24.5. The van der Waals surface area contributed by atoms with Gasteiger partial charge in [-0.05, 0) is 48.9 Å². The van der Waals surface area contributed by atoms with Crippen molar-refractivity contribution in [1.82, 2.24) is 44.5 Å². The first kappa shape index (κ1) is 22.2. The van der Waals surface area contributed by atoms with Gasteiger partial charge in [-0.15, -0.1) is 5.10 Å². The summed E-state index contributed by atoms with van der Waals surface area (Å²) in [6, 6.07) is 11.1. The summed E-state index contributed by atoms with van der Waals surface area (Å²) in [5.74, 6) is 1.16. The lowest BCUT2D eigenvalue weighted by Gasteiger charge is -2.08. The maximum absolute atomic E-state index is 11.8. The molecule has 2 atom stereocenters. The van der Waals surface area contributed by atoms with E-state index in [1.807, 2.05) is 30.5 Å². The summed E-state index contributed by atoms with van der Waals surface area (Å²) < 4.78 is 4.95. The second kappa shape index (κ2) is 9.42. The number of aliphatic hydroxyl groups is 1. The standard InChI is InChI=1S/C25H25N9O2/c35-21-8-3-17(12-21)13-23-26-15-22-25(29-23)34(31-30-22)20-6-4-18(5-7-20)19-14-28-32(16-19)10-11-33-24(36)2-1-9-27-33/h1-2,4-7,9,14-17,21,35H,3,8,10-13H2/t17-,21-/m1/s1. The Morgan fingerprint density at radius 3 is 2.69 bits per heavy atom. The third-order valence-electron chi connectivity index (χ3n) is 6.63. The molecule has 1 N–H and O–H groups in total. The zero-order valence-corrected chi connectivity index (χ0v) is 19.6. The highest BCUT2D eigenvalue weighted by atomic mass is 16.3. The molecule has 4 heterocycles. The van der Waals surface area contributed by atoms with Crippen LogP contribution in [0.25, 0.3) is 28.0 Å². The van der Waals surface area contributed by atoms with Crippen LogP contribution in [0.2, 0.25) is 0 Å². The summed E-state index contributed by atoms with van der Waals surface area (Å²) in [7, 11) is 0. The molecule has 6 rings (SSSR count). The third kappa shape index (κ3) is 4.52. The third-order valence-corrected chi connectivity index (χ3v) is 6.63. The number of aliphatic hydroxyl groups excluding tert-OH is 1. The van der Waals surface area contributed by atoms with Crippen LogP contribution in [0.1, 0.15) is 25.1 Å². The van der Waals surface area contributed by atoms with Crippen LogP contribution in [0.3, 0.4) is 0 Å². The number of aromatic nitrogens is 9. The first-order chi connectivity index (χ1) is 17.6. The summed E-state index contributed by atoms with van der Waals surface area (Å²) >= 11 is 0. The predicted octanol–water partition coefficient (Wildman–Crippen LogP) is 2.03. The monoisotopic (exact) mass is 483 g/mol. The van der Waals surface area contributed by atoms with Gasteiger partial charge in [0.05, 0.1) is 37.3 Å². The van der Waals surface area contributed by atoms with Gasteiger partial charge in [-0.1, -0.05) is 17.3 Å². The first-order valence-corrected chi connectivity index (χ1v) is 12.0. The number of rotatable bonds is 7. The molecule has 1 saturated carbocycles. The quantitative estimate of drug-likeness (QED) is 0.372. The first-order valence-electron chi connectivity index (χ1n) is 12.0. The summed E-state index contributed by atoms with van der Waals surface area (Å²) in [6.45, 7) is 0.992. The fourth-order valence-electron chi connectivity index (χ4n) is 4.71. The van der Waals surface area contributed by atoms with E-state index in [4.69, 9.17) is 4.98 Å². The van der Waals surface area contributed by atoms with Crippen LogP contribution in [0.5, 0.6) is 0 Å². The zero-order valence-electron chi connectivity index (χ0n) is 19.6. The number of nitrogens with zero attached hydrogens (tertiary/aromatic N) is 9. The molecule has 0 spiro atoms. The Labute approximate surface area is 206 Å². The Kier molecular flexibility index (Phi) is 5.82. The van der Waals surface area contributed by atoms with Crippen molar-refractivity contribution >= 4 is 11.2 Å². The molecule has 11 nitrogen and oxygen atoms in total. The van der Waals surface area contributed by atoms with Crippen molar-refractivity contribution < 1.29 is 5.11 Å². The molecule has 182 valence electrons. The van der Waals surface area contributed by atoms with Gasteiger partial charge in [-0.3, -0.25) is 9.48 Å². The van der Waals surface area contributed by atoms with Crippen molar-refractivity contribution in [3.63, 3.8) is 0 Å². The van der Waals surface area contributed by atoms with Crippen molar-refractivity contribution in [2.24, 2.45) is 5.92 Å². The van der Waals surface area contributed by atoms with Gasteiger partial charge in [0, 0.05) is 30.4 Å². The molecule has 11 heteroatoms. The lowest BCUT2D eigenvalue weighted by molar-refractivity contribution is 0.177. The smallest absolute Gasteiger partial charge is 0.266 e. The number of hydrogen-bond donors (Lipinski definition) is 1. The average molecular weight is 484 g/mol. The number of fused-ring (bicyclic) bond motifs is 1. The molecule has 4 aromatic heterocycles. The molecule has 0 unspecified atom stereocenters. The van der Waals surface area contributed by atoms with Crippen LogP contribution in [0, 0.1) is 5.92 Å². The van der Waals surface area contributed by atoms with E-state index in [0.29, 0.717) is 30.2 Å². The van der Waals surface area contributed by atoms with E-state index in [-0.39, 0.29) is 11.7 Å². The Balaban J connectivity index is 1.18. The van der Waals surface area contributed by atoms with Gasteiger partial charge in [0.1, 0.15) is 5.82 Å². The van der Waals surface area contributed by atoms with Crippen LogP contribution >= 0.6 is 0 Å². The highest BCUT2D eigenvalue weighted by molar-refractivity contribution is 5.71. The predicted molar refractivity (Wildman–Crippen MR) is 131 cm³/mol. The van der Waals surface area contributed by atoms with E-state index in [9.17, 15) is 9.90 Å². The van der Waals surface area contributed by atoms with Crippen LogP contribution in [0.4, 0.5) is 0 Å². The van der Waals surface area contributed by atoms with Crippen LogP contribution in [-0.2, 0) is 19.5 Å². The number of hydrogen-bond acceptors (Lipinski definition) is 8. The van der Waals surface area contributed by atoms with Crippen molar-refractivity contribution in [2.75, 3.05) is 0 Å². The van der Waals surface area contributed by atoms with Gasteiger partial charge in [0.25, 0.3) is 5.56 Å². The van der Waals surface area contributed by atoms with Crippen molar-refractivity contribution in [3.05, 3.63) is 77.4 Å². The lowest BCUT2D eigenvalue weighted by Crippen LogP contribution is -2.23. The molecule has 1 aliphatic carbocycles. The average Bonchev–Trinajstić information content (AvgIpc) is 3.64. The minimum absolute atomic E-state index is 0.129.